The summed E-state index contributed by atoms with van der Waals surface area (Å²) in [5.41, 5.74) is 12.4. The number of hydrogen-bond acceptors (Lipinski definition) is 6. The zero-order valence-corrected chi connectivity index (χ0v) is 24.3. The maximum absolute atomic E-state index is 9.91. The number of furan rings is 2. The molecule has 6 nitrogen and oxygen atoms in total. The van der Waals surface area contributed by atoms with E-state index in [-0.39, 0.29) is 6.61 Å². The average Bonchev–Trinajstić information content (AvgIpc) is 3.46. The van der Waals surface area contributed by atoms with Crippen LogP contribution in [0.5, 0.6) is 0 Å². The molecule has 0 unspecified atom stereocenters. The molecule has 0 spiro atoms. The van der Waals surface area contributed by atoms with E-state index in [2.05, 4.69) is 76.7 Å². The summed E-state index contributed by atoms with van der Waals surface area (Å²) in [7, 11) is 0. The fourth-order valence-corrected chi connectivity index (χ4v) is 3.14. The lowest BCUT2D eigenvalue weighted by Gasteiger charge is -1.99. The maximum Gasteiger partial charge on any atom is 0.185 e. The summed E-state index contributed by atoms with van der Waals surface area (Å²) < 4.78 is 11.4. The largest absolute Gasteiger partial charge is 0.448 e. The number of rotatable bonds is 3. The molecule has 0 fully saturated rings. The predicted molar refractivity (Wildman–Crippen MR) is 154 cm³/mol. The van der Waals surface area contributed by atoms with E-state index in [1.165, 1.54) is 22.3 Å². The van der Waals surface area contributed by atoms with Crippen molar-refractivity contribution in [3.05, 3.63) is 104 Å². The lowest BCUT2D eigenvalue weighted by Crippen LogP contribution is -1.86. The molecule has 0 atom stereocenters. The van der Waals surface area contributed by atoms with Gasteiger partial charge in [0, 0.05) is 12.3 Å². The van der Waals surface area contributed by atoms with Crippen molar-refractivity contribution in [1.29, 1.82) is 0 Å². The number of carbonyl (C=O) groups is 1. The number of aliphatic hydroxyl groups is 1. The highest BCUT2D eigenvalue weighted by atomic mass is 79.9. The zero-order valence-electron chi connectivity index (χ0n) is 21.1. The predicted octanol–water partition coefficient (Wildman–Crippen LogP) is 8.15. The molecule has 2 aromatic carbocycles. The van der Waals surface area contributed by atoms with Crippen molar-refractivity contribution in [1.82, 2.24) is 0 Å². The lowest BCUT2D eigenvalue weighted by molar-refractivity contribution is 0.109. The van der Waals surface area contributed by atoms with Gasteiger partial charge in [-0.25, -0.2) is 0 Å². The molecule has 4 rings (SSSR count). The summed E-state index contributed by atoms with van der Waals surface area (Å²) in [5.74, 6) is 1.09. The van der Waals surface area contributed by atoms with E-state index in [1.807, 2.05) is 36.4 Å². The molecule has 192 valence electrons. The molecule has 0 amide bonds. The van der Waals surface area contributed by atoms with Crippen LogP contribution in [0.1, 0.15) is 45.5 Å². The molecule has 0 radical (unpaired) electrons. The van der Waals surface area contributed by atoms with Gasteiger partial charge >= 0.3 is 0 Å². The molecule has 0 aliphatic rings. The van der Waals surface area contributed by atoms with Gasteiger partial charge in [0.15, 0.2) is 21.4 Å². The van der Waals surface area contributed by atoms with Gasteiger partial charge in [0.05, 0.1) is 11.9 Å². The number of halogens is 2. The number of nitrogens with two attached hydrogens (primary N) is 1. The first kappa shape index (κ1) is 31.1. The van der Waals surface area contributed by atoms with Gasteiger partial charge in [0.2, 0.25) is 0 Å². The van der Waals surface area contributed by atoms with Crippen molar-refractivity contribution < 1.29 is 18.7 Å². The molecule has 0 bridgehead atoms. The van der Waals surface area contributed by atoms with Crippen LogP contribution in [0.15, 0.2) is 83.8 Å². The number of carbonyl (C=O) groups excluding carboxylic acids is 1. The van der Waals surface area contributed by atoms with Crippen LogP contribution < -0.4 is 5.73 Å². The molecule has 2 aromatic heterocycles. The number of nitrogens with zero attached hydrogens (tertiary/aromatic N) is 1. The van der Waals surface area contributed by atoms with Gasteiger partial charge in [-0.3, -0.25) is 9.79 Å². The number of anilines is 1. The van der Waals surface area contributed by atoms with Gasteiger partial charge in [-0.05, 0) is 137 Å². The van der Waals surface area contributed by atoms with Crippen LogP contribution in [-0.4, -0.2) is 24.2 Å². The molecule has 0 saturated heterocycles. The maximum atomic E-state index is 9.91. The van der Waals surface area contributed by atoms with Crippen molar-refractivity contribution in [2.45, 2.75) is 34.6 Å². The van der Waals surface area contributed by atoms with Crippen molar-refractivity contribution in [3.8, 4) is 0 Å². The topological polar surface area (TPSA) is 102 Å². The summed E-state index contributed by atoms with van der Waals surface area (Å²) in [6.07, 6.45) is 2.37. The molecule has 3 N–H and O–H groups in total. The Labute approximate surface area is 229 Å². The highest BCUT2D eigenvalue weighted by molar-refractivity contribution is 9.10. The minimum absolute atomic E-state index is 0.250. The Morgan fingerprint density at radius 2 is 1.31 bits per heavy atom. The molecule has 0 aliphatic heterocycles. The highest BCUT2D eigenvalue weighted by Crippen LogP contribution is 2.18. The normalized spacial score (nSPS) is 9.89. The summed E-state index contributed by atoms with van der Waals surface area (Å²) >= 11 is 6.30. The van der Waals surface area contributed by atoms with Gasteiger partial charge in [0.1, 0.15) is 5.76 Å². The molecule has 0 aliphatic carbocycles. The molecular formula is C28H32Br2N2O4. The molecule has 36 heavy (non-hydrogen) atoms. The highest BCUT2D eigenvalue weighted by Gasteiger charge is 1.97. The SMILES string of the molecule is CCO.Cc1ccc(N)cc1C.Cc1ccc(N=Cc2ccc(Br)o2)cc1C.O=Cc1ccc(Br)o1. The summed E-state index contributed by atoms with van der Waals surface area (Å²) in [5, 5.41) is 7.57. The number of aryl methyl sites for hydroxylation is 4. The first-order valence-corrected chi connectivity index (χ1v) is 12.7. The lowest BCUT2D eigenvalue weighted by atomic mass is 10.1. The van der Waals surface area contributed by atoms with Gasteiger partial charge < -0.3 is 19.7 Å². The van der Waals surface area contributed by atoms with Crippen LogP contribution in [0.3, 0.4) is 0 Å². The van der Waals surface area contributed by atoms with Gasteiger partial charge in [-0.2, -0.15) is 0 Å². The number of hydrogen-bond donors (Lipinski definition) is 2. The number of aldehydes is 1. The van der Waals surface area contributed by atoms with Crippen molar-refractivity contribution in [2.75, 3.05) is 12.3 Å². The minimum Gasteiger partial charge on any atom is -0.448 e. The summed E-state index contributed by atoms with van der Waals surface area (Å²) in [6, 6.07) is 19.0. The molecule has 8 heteroatoms. The fraction of sp³-hybridized carbons (Fsp3) is 0.214. The zero-order chi connectivity index (χ0) is 27.1. The quantitative estimate of drug-likeness (QED) is 0.137. The van der Waals surface area contributed by atoms with E-state index in [1.54, 1.807) is 25.3 Å². The van der Waals surface area contributed by atoms with Crippen LogP contribution in [0, 0.1) is 27.7 Å². The third-order valence-corrected chi connectivity index (χ3v) is 5.52. The number of aliphatic hydroxyl groups excluding tert-OH is 1. The second-order valence-electron chi connectivity index (χ2n) is 7.59. The average molecular weight is 620 g/mol. The van der Waals surface area contributed by atoms with Crippen LogP contribution >= 0.6 is 31.9 Å². The number of benzene rings is 2. The Morgan fingerprint density at radius 3 is 1.69 bits per heavy atom. The van der Waals surface area contributed by atoms with E-state index in [4.69, 9.17) is 19.7 Å². The van der Waals surface area contributed by atoms with E-state index in [9.17, 15) is 4.79 Å². The van der Waals surface area contributed by atoms with Crippen LogP contribution in [0.4, 0.5) is 11.4 Å². The summed E-state index contributed by atoms with van der Waals surface area (Å²) in [6.45, 7) is 10.2. The third-order valence-electron chi connectivity index (χ3n) is 4.67. The van der Waals surface area contributed by atoms with E-state index >= 15 is 0 Å². The number of aliphatic imine (C=N–C) groups is 1. The van der Waals surface area contributed by atoms with E-state index in [0.717, 1.165) is 17.1 Å². The van der Waals surface area contributed by atoms with Crippen molar-refractivity contribution >= 4 is 55.7 Å². The Hall–Kier alpha value is -2.94. The minimum atomic E-state index is 0.250. The van der Waals surface area contributed by atoms with Crippen LogP contribution in [-0.2, 0) is 0 Å². The second kappa shape index (κ2) is 16.7. The Balaban J connectivity index is 0.000000275. The third kappa shape index (κ3) is 12.2. The summed E-state index contributed by atoms with van der Waals surface area (Å²) in [4.78, 5) is 14.3. The Kier molecular flexibility index (Phi) is 14.4. The van der Waals surface area contributed by atoms with Gasteiger partial charge in [0.25, 0.3) is 0 Å². The standard InChI is InChI=1S/C13H12BrNO.C8H11N.C5H3BrO2.C2H6O/c1-9-3-4-11(7-10(9)2)15-8-12-5-6-13(14)16-12;1-6-3-4-8(9)5-7(6)2;6-5-2-1-4(3-7)8-5;1-2-3/h3-8H,1-2H3;3-5H,9H2,1-2H3;1-3H;3H,2H2,1H3. The molecular weight excluding hydrogens is 588 g/mol. The first-order chi connectivity index (χ1) is 17.1. The van der Waals surface area contributed by atoms with Gasteiger partial charge in [-0.15, -0.1) is 0 Å². The Bertz CT molecular complexity index is 1250. The second-order valence-corrected chi connectivity index (χ2v) is 9.15. The molecule has 2 heterocycles. The number of nitrogen functional groups attached to an aromatic ring is 1. The van der Waals surface area contributed by atoms with Crippen LogP contribution in [0.25, 0.3) is 0 Å². The van der Waals surface area contributed by atoms with Crippen LogP contribution in [0.2, 0.25) is 0 Å². The Morgan fingerprint density at radius 1 is 0.806 bits per heavy atom. The smallest absolute Gasteiger partial charge is 0.185 e. The first-order valence-electron chi connectivity index (χ1n) is 11.1. The molecule has 4 aromatic rings. The van der Waals surface area contributed by atoms with E-state index in [0.29, 0.717) is 21.4 Å². The van der Waals surface area contributed by atoms with Crippen molar-refractivity contribution in [3.63, 3.8) is 0 Å². The monoisotopic (exact) mass is 618 g/mol. The molecule has 0 saturated carbocycles. The van der Waals surface area contributed by atoms with Gasteiger partial charge in [-0.1, -0.05) is 12.1 Å². The van der Waals surface area contributed by atoms with E-state index < -0.39 is 0 Å². The fourth-order valence-electron chi connectivity index (χ4n) is 2.50. The van der Waals surface area contributed by atoms with Crippen molar-refractivity contribution in [2.24, 2.45) is 4.99 Å².